The fraction of sp³-hybridized carbons (Fsp3) is 0.0714. The zero-order valence-corrected chi connectivity index (χ0v) is 12.0. The zero-order valence-electron chi connectivity index (χ0n) is 10.5. The number of carbonyl (C=O) groups excluding carboxylic acids is 1. The van der Waals surface area contributed by atoms with E-state index in [0.717, 1.165) is 16.4 Å². The van der Waals surface area contributed by atoms with E-state index < -0.39 is 0 Å². The van der Waals surface area contributed by atoms with E-state index in [9.17, 15) is 9.59 Å². The largest absolute Gasteiger partial charge is 0.414 e. The predicted molar refractivity (Wildman–Crippen MR) is 79.1 cm³/mol. The van der Waals surface area contributed by atoms with Crippen molar-refractivity contribution in [1.82, 2.24) is 9.71 Å². The van der Waals surface area contributed by atoms with Gasteiger partial charge >= 0.3 is 0 Å². The van der Waals surface area contributed by atoms with E-state index in [1.54, 1.807) is 18.2 Å². The van der Waals surface area contributed by atoms with Crippen molar-refractivity contribution >= 4 is 44.0 Å². The molecule has 0 saturated carbocycles. The Morgan fingerprint density at radius 2 is 2.15 bits per heavy atom. The number of carbonyl (C=O) groups is 1. The van der Waals surface area contributed by atoms with E-state index >= 15 is 0 Å². The number of hydrogen-bond donors (Lipinski definition) is 0. The van der Waals surface area contributed by atoms with Crippen molar-refractivity contribution in [2.24, 2.45) is 0 Å². The highest BCUT2D eigenvalue weighted by atomic mass is 79.9. The molecule has 2 aromatic heterocycles. The first-order valence-electron chi connectivity index (χ1n) is 5.80. The lowest BCUT2D eigenvalue weighted by molar-refractivity contribution is 0.112. The van der Waals surface area contributed by atoms with Gasteiger partial charge < -0.3 is 4.84 Å². The number of aromatic nitrogens is 2. The lowest BCUT2D eigenvalue weighted by atomic mass is 10.1. The molecule has 5 nitrogen and oxygen atoms in total. The molecule has 100 valence electrons. The van der Waals surface area contributed by atoms with Crippen LogP contribution in [0.2, 0.25) is 0 Å². The van der Waals surface area contributed by atoms with Crippen molar-refractivity contribution in [1.29, 1.82) is 0 Å². The Hall–Kier alpha value is -2.21. The molecule has 0 atom stereocenters. The second-order valence-corrected chi connectivity index (χ2v) is 5.07. The summed E-state index contributed by atoms with van der Waals surface area (Å²) in [7, 11) is 1.42. The molecular formula is C14H9BrN2O3. The maximum absolute atomic E-state index is 12.2. The van der Waals surface area contributed by atoms with Crippen LogP contribution >= 0.6 is 15.9 Å². The number of aldehydes is 1. The molecule has 0 amide bonds. The van der Waals surface area contributed by atoms with Gasteiger partial charge in [-0.05, 0) is 28.1 Å². The first-order chi connectivity index (χ1) is 9.65. The Bertz CT molecular complexity index is 902. The van der Waals surface area contributed by atoms with E-state index in [4.69, 9.17) is 4.84 Å². The summed E-state index contributed by atoms with van der Waals surface area (Å²) in [6.45, 7) is 0. The molecule has 6 heteroatoms. The average molecular weight is 333 g/mol. The predicted octanol–water partition coefficient (Wildman–Crippen LogP) is 2.18. The Labute approximate surface area is 121 Å². The molecule has 0 bridgehead atoms. The molecule has 0 radical (unpaired) electrons. The topological polar surface area (TPSA) is 61.2 Å². The SMILES string of the molecule is COn1cc(Br)c2nc3c(C=O)cccc3cc2c1=O. The Morgan fingerprint density at radius 3 is 2.85 bits per heavy atom. The highest BCUT2D eigenvalue weighted by Crippen LogP contribution is 2.24. The van der Waals surface area contributed by atoms with Crippen LogP contribution in [0.1, 0.15) is 10.4 Å². The molecule has 1 aromatic carbocycles. The minimum absolute atomic E-state index is 0.295. The zero-order chi connectivity index (χ0) is 14.3. The molecule has 0 aliphatic rings. The van der Waals surface area contributed by atoms with Crippen molar-refractivity contribution < 1.29 is 9.63 Å². The van der Waals surface area contributed by atoms with Gasteiger partial charge in [-0.1, -0.05) is 12.1 Å². The third kappa shape index (κ3) is 1.80. The molecule has 0 N–H and O–H groups in total. The number of benzene rings is 1. The van der Waals surface area contributed by atoms with E-state index in [0.29, 0.717) is 26.5 Å². The number of nitrogens with zero attached hydrogens (tertiary/aromatic N) is 2. The van der Waals surface area contributed by atoms with Crippen LogP contribution in [0, 0.1) is 0 Å². The van der Waals surface area contributed by atoms with Crippen molar-refractivity contribution in [2.45, 2.75) is 0 Å². The number of pyridine rings is 2. The summed E-state index contributed by atoms with van der Waals surface area (Å²) < 4.78 is 1.75. The van der Waals surface area contributed by atoms with Crippen LogP contribution in [-0.2, 0) is 0 Å². The highest BCUT2D eigenvalue weighted by Gasteiger charge is 2.12. The van der Waals surface area contributed by atoms with E-state index in [2.05, 4.69) is 20.9 Å². The van der Waals surface area contributed by atoms with E-state index in [1.807, 2.05) is 6.07 Å². The Morgan fingerprint density at radius 1 is 1.35 bits per heavy atom. The standard InChI is InChI=1S/C14H9BrN2O3/c1-20-17-6-11(15)13-10(14(17)19)5-8-3-2-4-9(7-18)12(8)16-13/h2-7H,1H3. The van der Waals surface area contributed by atoms with Gasteiger partial charge in [0.05, 0.1) is 27.1 Å². The minimum atomic E-state index is -0.295. The van der Waals surface area contributed by atoms with Gasteiger partial charge in [0.15, 0.2) is 6.29 Å². The van der Waals surface area contributed by atoms with Crippen molar-refractivity contribution in [3.63, 3.8) is 0 Å². The second kappa shape index (κ2) is 4.72. The summed E-state index contributed by atoms with van der Waals surface area (Å²) in [6.07, 6.45) is 2.26. The maximum Gasteiger partial charge on any atom is 0.292 e. The fourth-order valence-corrected chi connectivity index (χ4v) is 2.63. The van der Waals surface area contributed by atoms with E-state index in [-0.39, 0.29) is 5.56 Å². The van der Waals surface area contributed by atoms with Crippen molar-refractivity contribution in [3.05, 3.63) is 50.9 Å². The van der Waals surface area contributed by atoms with Crippen molar-refractivity contribution in [3.8, 4) is 0 Å². The molecular weight excluding hydrogens is 324 g/mol. The van der Waals surface area contributed by atoms with Gasteiger partial charge in [-0.2, -0.15) is 4.73 Å². The molecule has 0 aliphatic heterocycles. The average Bonchev–Trinajstić information content (AvgIpc) is 2.48. The summed E-state index contributed by atoms with van der Waals surface area (Å²) in [5.74, 6) is 0. The second-order valence-electron chi connectivity index (χ2n) is 4.21. The summed E-state index contributed by atoms with van der Waals surface area (Å²) in [5.41, 5.74) is 1.28. The summed E-state index contributed by atoms with van der Waals surface area (Å²) >= 11 is 3.36. The third-order valence-electron chi connectivity index (χ3n) is 3.09. The fourth-order valence-electron chi connectivity index (χ4n) is 2.14. The van der Waals surface area contributed by atoms with Gasteiger partial charge in [0.1, 0.15) is 7.11 Å². The molecule has 20 heavy (non-hydrogen) atoms. The molecule has 2 heterocycles. The summed E-state index contributed by atoms with van der Waals surface area (Å²) in [5, 5.41) is 1.16. The number of rotatable bonds is 2. The van der Waals surface area contributed by atoms with Gasteiger partial charge in [0.25, 0.3) is 5.56 Å². The Balaban J connectivity index is 2.54. The first kappa shape index (κ1) is 12.8. The maximum atomic E-state index is 12.2. The minimum Gasteiger partial charge on any atom is -0.414 e. The summed E-state index contributed by atoms with van der Waals surface area (Å²) in [4.78, 5) is 32.7. The van der Waals surface area contributed by atoms with Gasteiger partial charge in [0, 0.05) is 10.9 Å². The number of para-hydroxylation sites is 1. The number of hydrogen-bond acceptors (Lipinski definition) is 4. The van der Waals surface area contributed by atoms with Crippen LogP contribution in [0.5, 0.6) is 0 Å². The number of halogens is 1. The van der Waals surface area contributed by atoms with Gasteiger partial charge in [-0.25, -0.2) is 4.98 Å². The van der Waals surface area contributed by atoms with Crippen molar-refractivity contribution in [2.75, 3.05) is 7.11 Å². The number of fused-ring (bicyclic) bond motifs is 2. The van der Waals surface area contributed by atoms with Crippen LogP contribution in [0.25, 0.3) is 21.8 Å². The van der Waals surface area contributed by atoms with Gasteiger partial charge in [-0.15, -0.1) is 0 Å². The third-order valence-corrected chi connectivity index (χ3v) is 3.67. The molecule has 3 rings (SSSR count). The molecule has 0 unspecified atom stereocenters. The van der Waals surface area contributed by atoms with Crippen LogP contribution in [0.4, 0.5) is 0 Å². The molecule has 0 spiro atoms. The van der Waals surface area contributed by atoms with Crippen LogP contribution in [0.3, 0.4) is 0 Å². The molecule has 0 fully saturated rings. The Kier molecular flexibility index (Phi) is 3.02. The normalized spacial score (nSPS) is 10.9. The van der Waals surface area contributed by atoms with Crippen LogP contribution in [-0.4, -0.2) is 23.1 Å². The highest BCUT2D eigenvalue weighted by molar-refractivity contribution is 9.10. The monoisotopic (exact) mass is 332 g/mol. The first-order valence-corrected chi connectivity index (χ1v) is 6.59. The molecule has 0 saturated heterocycles. The lowest BCUT2D eigenvalue weighted by Crippen LogP contribution is -2.24. The molecule has 0 aliphatic carbocycles. The van der Waals surface area contributed by atoms with Gasteiger partial charge in [-0.3, -0.25) is 9.59 Å². The van der Waals surface area contributed by atoms with Crippen LogP contribution < -0.4 is 10.4 Å². The van der Waals surface area contributed by atoms with E-state index in [1.165, 1.54) is 13.3 Å². The summed E-state index contributed by atoms with van der Waals surface area (Å²) in [6, 6.07) is 6.98. The smallest absolute Gasteiger partial charge is 0.292 e. The van der Waals surface area contributed by atoms with Gasteiger partial charge in [0.2, 0.25) is 0 Å². The van der Waals surface area contributed by atoms with Crippen LogP contribution in [0.15, 0.2) is 39.7 Å². The lowest BCUT2D eigenvalue weighted by Gasteiger charge is -2.08. The molecule has 3 aromatic rings. The quantitative estimate of drug-likeness (QED) is 0.533.